The van der Waals surface area contributed by atoms with E-state index in [1.165, 1.54) is 11.8 Å². The molecular weight excluding hydrogens is 442 g/mol. The van der Waals surface area contributed by atoms with Gasteiger partial charge in [0.1, 0.15) is 4.32 Å². The Hall–Kier alpha value is -3.50. The molecule has 8 nitrogen and oxygen atoms in total. The van der Waals surface area contributed by atoms with Gasteiger partial charge in [-0.05, 0) is 42.8 Å². The molecule has 4 aromatic rings. The Morgan fingerprint density at radius 3 is 2.97 bits per heavy atom. The van der Waals surface area contributed by atoms with E-state index in [-0.39, 0.29) is 5.91 Å². The number of nitrogens with one attached hydrogen (secondary N) is 1. The number of thioether (sulfide) groups is 1. The zero-order valence-electron chi connectivity index (χ0n) is 16.8. The summed E-state index contributed by atoms with van der Waals surface area (Å²) in [5.74, 6) is 0.522. The third-order valence-corrected chi connectivity index (χ3v) is 6.37. The van der Waals surface area contributed by atoms with E-state index >= 15 is 0 Å². The van der Waals surface area contributed by atoms with Crippen molar-refractivity contribution in [1.82, 2.24) is 35.5 Å². The summed E-state index contributed by atoms with van der Waals surface area (Å²) in [6.45, 7) is 0.509. The van der Waals surface area contributed by atoms with Crippen LogP contribution in [-0.4, -0.2) is 52.3 Å². The van der Waals surface area contributed by atoms with Crippen molar-refractivity contribution in [3.8, 4) is 11.3 Å². The zero-order chi connectivity index (χ0) is 21.9. The lowest BCUT2D eigenvalue weighted by molar-refractivity contribution is -0.122. The van der Waals surface area contributed by atoms with Gasteiger partial charge in [0.2, 0.25) is 0 Å². The molecule has 0 spiro atoms. The van der Waals surface area contributed by atoms with Crippen LogP contribution in [0, 0.1) is 0 Å². The Morgan fingerprint density at radius 2 is 2.09 bits per heavy atom. The van der Waals surface area contributed by atoms with E-state index in [0.717, 1.165) is 22.2 Å². The van der Waals surface area contributed by atoms with Crippen molar-refractivity contribution in [1.29, 1.82) is 0 Å². The van der Waals surface area contributed by atoms with Crippen LogP contribution in [0.3, 0.4) is 0 Å². The summed E-state index contributed by atoms with van der Waals surface area (Å²) < 4.78 is 0.549. The number of rotatable bonds is 6. The average Bonchev–Trinajstić information content (AvgIpc) is 3.43. The number of fused-ring (bicyclic) bond motifs is 1. The molecule has 1 saturated heterocycles. The van der Waals surface area contributed by atoms with Gasteiger partial charge in [-0.15, -0.1) is 10.2 Å². The van der Waals surface area contributed by atoms with Gasteiger partial charge >= 0.3 is 0 Å². The van der Waals surface area contributed by atoms with Crippen molar-refractivity contribution < 1.29 is 4.79 Å². The highest BCUT2D eigenvalue weighted by molar-refractivity contribution is 8.26. The second-order valence-electron chi connectivity index (χ2n) is 7.12. The Labute approximate surface area is 193 Å². The zero-order valence-corrected chi connectivity index (χ0v) is 18.4. The second kappa shape index (κ2) is 8.93. The number of pyridine rings is 2. The number of nitrogens with zero attached hydrogens (tertiary/aromatic N) is 6. The monoisotopic (exact) mass is 459 g/mol. The number of H-pyrrole nitrogens is 1. The lowest BCUT2D eigenvalue weighted by atomic mass is 10.1. The van der Waals surface area contributed by atoms with Gasteiger partial charge in [-0.1, -0.05) is 47.4 Å². The molecule has 158 valence electrons. The summed E-state index contributed by atoms with van der Waals surface area (Å²) in [5, 5.41) is 14.9. The Bertz CT molecular complexity index is 1340. The Balaban J connectivity index is 1.33. The molecule has 1 fully saturated rings. The largest absolute Gasteiger partial charge is 0.293 e. The normalized spacial score (nSPS) is 15.2. The number of carbonyl (C=O) groups is 1. The van der Waals surface area contributed by atoms with Crippen molar-refractivity contribution >= 4 is 51.2 Å². The summed E-state index contributed by atoms with van der Waals surface area (Å²) in [4.78, 5) is 24.2. The predicted octanol–water partition coefficient (Wildman–Crippen LogP) is 3.64. The first-order chi connectivity index (χ1) is 15.7. The minimum atomic E-state index is -0.0999. The van der Waals surface area contributed by atoms with E-state index in [0.29, 0.717) is 40.1 Å². The predicted molar refractivity (Wildman–Crippen MR) is 127 cm³/mol. The van der Waals surface area contributed by atoms with E-state index < -0.39 is 0 Å². The lowest BCUT2D eigenvalue weighted by Crippen LogP contribution is -2.29. The van der Waals surface area contributed by atoms with Gasteiger partial charge in [0.15, 0.2) is 5.82 Å². The van der Waals surface area contributed by atoms with Crippen LogP contribution in [0.15, 0.2) is 59.6 Å². The first-order valence-corrected chi connectivity index (χ1v) is 11.2. The Kier molecular flexibility index (Phi) is 5.70. The number of hydrogen-bond acceptors (Lipinski definition) is 8. The molecule has 1 amide bonds. The summed E-state index contributed by atoms with van der Waals surface area (Å²) in [6, 6.07) is 15.8. The van der Waals surface area contributed by atoms with Crippen molar-refractivity contribution in [3.63, 3.8) is 0 Å². The van der Waals surface area contributed by atoms with Gasteiger partial charge < -0.3 is 0 Å². The Morgan fingerprint density at radius 1 is 1.16 bits per heavy atom. The molecule has 32 heavy (non-hydrogen) atoms. The molecule has 1 aliphatic rings. The molecule has 1 aromatic carbocycles. The highest BCUT2D eigenvalue weighted by Crippen LogP contribution is 2.33. The van der Waals surface area contributed by atoms with Crippen LogP contribution in [-0.2, 0) is 11.2 Å². The molecule has 4 heterocycles. The van der Waals surface area contributed by atoms with Gasteiger partial charge in [-0.2, -0.15) is 5.21 Å². The lowest BCUT2D eigenvalue weighted by Gasteiger charge is -2.13. The van der Waals surface area contributed by atoms with Crippen molar-refractivity contribution in [2.24, 2.45) is 0 Å². The number of tetrazole rings is 1. The standard InChI is InChI=1S/C22H17N7OS2/c30-21-19(32-22(31)29(21)11-3-7-20-25-27-28-26-20)13-16-5-1-6-18(24-16)15-8-9-17-14(12-15)4-2-10-23-17/h1-2,4-6,8-10,12-13H,3,7,11H2,(H,25,26,27,28)/b19-13-. The van der Waals surface area contributed by atoms with Gasteiger partial charge in [-0.25, -0.2) is 4.98 Å². The van der Waals surface area contributed by atoms with Crippen LogP contribution in [0.2, 0.25) is 0 Å². The number of thiocarbonyl (C=S) groups is 1. The molecule has 0 saturated carbocycles. The van der Waals surface area contributed by atoms with E-state index in [1.54, 1.807) is 17.2 Å². The van der Waals surface area contributed by atoms with Crippen molar-refractivity contribution in [2.75, 3.05) is 6.54 Å². The van der Waals surface area contributed by atoms with Crippen LogP contribution in [0.5, 0.6) is 0 Å². The van der Waals surface area contributed by atoms with Crippen molar-refractivity contribution in [2.45, 2.75) is 12.8 Å². The molecule has 10 heteroatoms. The van der Waals surface area contributed by atoms with Gasteiger partial charge in [-0.3, -0.25) is 14.7 Å². The average molecular weight is 460 g/mol. The quantitative estimate of drug-likeness (QED) is 0.345. The van der Waals surface area contributed by atoms with Gasteiger partial charge in [0, 0.05) is 30.1 Å². The minimum absolute atomic E-state index is 0.0999. The molecule has 3 aromatic heterocycles. The number of carbonyl (C=O) groups excluding carboxylic acids is 1. The van der Waals surface area contributed by atoms with E-state index in [2.05, 4.69) is 31.7 Å². The fraction of sp³-hybridized carbons (Fsp3) is 0.136. The van der Waals surface area contributed by atoms with E-state index in [1.807, 2.05) is 42.5 Å². The maximum absolute atomic E-state index is 12.9. The number of aryl methyl sites for hydroxylation is 1. The topological polar surface area (TPSA) is 101 Å². The second-order valence-corrected chi connectivity index (χ2v) is 8.80. The highest BCUT2D eigenvalue weighted by atomic mass is 32.2. The van der Waals surface area contributed by atoms with Crippen LogP contribution in [0.4, 0.5) is 0 Å². The molecule has 0 atom stereocenters. The maximum atomic E-state index is 12.9. The first-order valence-electron chi connectivity index (χ1n) is 9.97. The highest BCUT2D eigenvalue weighted by Gasteiger charge is 2.31. The molecule has 0 unspecified atom stereocenters. The van der Waals surface area contributed by atoms with Crippen molar-refractivity contribution in [3.05, 3.63) is 71.2 Å². The molecule has 0 radical (unpaired) electrons. The fourth-order valence-corrected chi connectivity index (χ4v) is 4.73. The first kappa shape index (κ1) is 20.4. The fourth-order valence-electron chi connectivity index (χ4n) is 3.44. The molecule has 5 rings (SSSR count). The smallest absolute Gasteiger partial charge is 0.266 e. The molecule has 0 aliphatic carbocycles. The number of aromatic amines is 1. The maximum Gasteiger partial charge on any atom is 0.266 e. The third-order valence-electron chi connectivity index (χ3n) is 4.99. The minimum Gasteiger partial charge on any atom is -0.293 e. The summed E-state index contributed by atoms with van der Waals surface area (Å²) in [5.41, 5.74) is 3.48. The summed E-state index contributed by atoms with van der Waals surface area (Å²) >= 11 is 6.72. The summed E-state index contributed by atoms with van der Waals surface area (Å²) in [7, 11) is 0. The number of amides is 1. The number of benzene rings is 1. The van der Waals surface area contributed by atoms with Crippen LogP contribution in [0.1, 0.15) is 17.9 Å². The molecule has 0 bridgehead atoms. The third kappa shape index (κ3) is 4.27. The van der Waals surface area contributed by atoms with Gasteiger partial charge in [0.25, 0.3) is 5.91 Å². The SMILES string of the molecule is O=C1/C(=C/c2cccc(-c3ccc4ncccc4c3)n2)SC(=S)N1CCCc1nn[nH]n1. The van der Waals surface area contributed by atoms with E-state index in [4.69, 9.17) is 17.2 Å². The number of aromatic nitrogens is 6. The van der Waals surface area contributed by atoms with E-state index in [9.17, 15) is 4.79 Å². The molecule has 1 N–H and O–H groups in total. The van der Waals surface area contributed by atoms with Gasteiger partial charge in [0.05, 0.1) is 21.8 Å². The van der Waals surface area contributed by atoms with Crippen LogP contribution >= 0.6 is 24.0 Å². The molecule has 1 aliphatic heterocycles. The molecular formula is C22H17N7OS2. The van der Waals surface area contributed by atoms with Crippen LogP contribution in [0.25, 0.3) is 28.2 Å². The van der Waals surface area contributed by atoms with Crippen LogP contribution < -0.4 is 0 Å². The summed E-state index contributed by atoms with van der Waals surface area (Å²) in [6.07, 6.45) is 4.90. The number of hydrogen-bond donors (Lipinski definition) is 1.